The van der Waals surface area contributed by atoms with Gasteiger partial charge in [-0.2, -0.15) is 0 Å². The lowest BCUT2D eigenvalue weighted by atomic mass is 9.61. The summed E-state index contributed by atoms with van der Waals surface area (Å²) in [6.45, 7) is 0. The van der Waals surface area contributed by atoms with Gasteiger partial charge in [-0.05, 0) is 120 Å². The minimum Gasteiger partial charge on any atom is -0.208 e. The molecule has 4 unspecified atom stereocenters. The van der Waals surface area contributed by atoms with Crippen LogP contribution in [0.15, 0.2) is 413 Å². The van der Waals surface area contributed by atoms with E-state index in [9.17, 15) is 0 Å². The number of hydrogen-bond acceptors (Lipinski definition) is 14. The number of rotatable bonds is 13. The van der Waals surface area contributed by atoms with Gasteiger partial charge in [0.2, 0.25) is 0 Å². The van der Waals surface area contributed by atoms with Gasteiger partial charge in [-0.15, -0.1) is 22.7 Å². The van der Waals surface area contributed by atoms with Gasteiger partial charge in [-0.3, -0.25) is 0 Å². The van der Waals surface area contributed by atoms with Crippen LogP contribution in [0, 0.1) is 0 Å². The van der Waals surface area contributed by atoms with Gasteiger partial charge in [0.15, 0.2) is 69.9 Å². The highest BCUT2D eigenvalue weighted by atomic mass is 32.1. The minimum absolute atomic E-state index is 0.0242. The highest BCUT2D eigenvalue weighted by Crippen LogP contribution is 2.59. The first kappa shape index (κ1) is 76.5. The largest absolute Gasteiger partial charge is 0.208 e. The zero-order valence-corrected chi connectivity index (χ0v) is 72.4. The fraction of sp³-hybridized carbons (Fsp3) is 0.0339. The fourth-order valence-electron chi connectivity index (χ4n) is 20.3. The molecule has 0 amide bonds. The van der Waals surface area contributed by atoms with Crippen molar-refractivity contribution in [3.8, 4) is 148 Å². The molecule has 29 rings (SSSR count). The molecule has 4 bridgehead atoms. The second-order valence-electron chi connectivity index (χ2n) is 33.9. The van der Waals surface area contributed by atoms with Crippen LogP contribution in [-0.4, -0.2) is 59.8 Å². The number of fused-ring (bicyclic) bond motifs is 6. The molecule has 0 fully saturated rings. The van der Waals surface area contributed by atoms with Crippen molar-refractivity contribution >= 4 is 63.0 Å². The highest BCUT2D eigenvalue weighted by molar-refractivity contribution is 7.26. The summed E-state index contributed by atoms with van der Waals surface area (Å²) < 4.78 is 5.02. The Morgan fingerprint density at radius 2 is 0.341 bits per heavy atom. The Bertz CT molecular complexity index is 8430. The molecule has 616 valence electrons. The molecule has 6 heterocycles. The monoisotopic (exact) mass is 1720 g/mol. The summed E-state index contributed by atoms with van der Waals surface area (Å²) >= 11 is 3.64. The van der Waals surface area contributed by atoms with Crippen LogP contribution >= 0.6 is 22.7 Å². The standard InChI is InChI=1S/C62H38N6S.C56H34N6S/c1-4-15-38(16-5-1)57-63-58(39-17-6-2-7-18-39)66-61(65-57)42-31-33-48-51(35-42)54-46-22-10-11-23-47(46)55(48)52-36-43(32-34-49(52)54)62-67-59(40-19-8-3-9-20-40)64-60(68-62)41-29-27-37(28-30-41)44-24-14-25-50-45-21-12-13-26-53(45)69-56(44)50;1-4-15-33(16-5-1)51-57-52(34-17-6-2-7-18-34)59-54(58-51)36-27-29-41-45(31-36)48-39-22-10-11-23-40(39)49(41)46-32-37(28-30-42(46)48)55-60-53(35-19-8-3-9-20-35)61-56(62-55)44-25-14-24-43-38-21-12-13-26-47(38)63-50(43)44/h1-36,54-55H;1-32,48-49H. The zero-order chi connectivity index (χ0) is 86.9. The van der Waals surface area contributed by atoms with Gasteiger partial charge >= 0.3 is 0 Å². The maximum absolute atomic E-state index is 5.29. The molecule has 4 atom stereocenters. The second-order valence-corrected chi connectivity index (χ2v) is 36.0. The number of hydrogen-bond donors (Lipinski definition) is 0. The predicted octanol–water partition coefficient (Wildman–Crippen LogP) is 28.5. The first-order chi connectivity index (χ1) is 65.4. The van der Waals surface area contributed by atoms with E-state index in [1.807, 2.05) is 169 Å². The Morgan fingerprint density at radius 1 is 0.136 bits per heavy atom. The summed E-state index contributed by atoms with van der Waals surface area (Å²) in [6.07, 6.45) is 0. The van der Waals surface area contributed by atoms with E-state index in [-0.39, 0.29) is 23.7 Å². The van der Waals surface area contributed by atoms with E-state index in [2.05, 4.69) is 255 Å². The Hall–Kier alpha value is -16.8. The van der Waals surface area contributed by atoms with Crippen molar-refractivity contribution < 1.29 is 0 Å². The Balaban J connectivity index is 0.000000139. The maximum Gasteiger partial charge on any atom is 0.165 e. The van der Waals surface area contributed by atoms with Crippen molar-refractivity contribution in [2.24, 2.45) is 0 Å². The molecular weight excluding hydrogens is 1650 g/mol. The molecule has 14 heteroatoms. The van der Waals surface area contributed by atoms with E-state index >= 15 is 0 Å². The summed E-state index contributed by atoms with van der Waals surface area (Å²) in [5.74, 6) is 7.93. The summed E-state index contributed by atoms with van der Waals surface area (Å²) in [6, 6.07) is 145. The van der Waals surface area contributed by atoms with Gasteiger partial charge in [-0.1, -0.05) is 370 Å². The molecule has 0 saturated heterocycles. The fourth-order valence-corrected chi connectivity index (χ4v) is 22.7. The molecule has 17 aromatic carbocycles. The number of nitrogens with zero attached hydrogens (tertiary/aromatic N) is 12. The molecule has 0 saturated carbocycles. The molecule has 6 aromatic heterocycles. The van der Waals surface area contributed by atoms with E-state index in [1.54, 1.807) is 11.3 Å². The molecule has 0 radical (unpaired) electrons. The van der Waals surface area contributed by atoms with Crippen LogP contribution in [0.1, 0.15) is 90.4 Å². The molecule has 0 aliphatic heterocycles. The van der Waals surface area contributed by atoms with E-state index in [0.29, 0.717) is 69.9 Å². The van der Waals surface area contributed by atoms with E-state index in [0.717, 1.165) is 72.3 Å². The lowest BCUT2D eigenvalue weighted by Gasteiger charge is -2.42. The smallest absolute Gasteiger partial charge is 0.165 e. The van der Waals surface area contributed by atoms with E-state index < -0.39 is 0 Å². The lowest BCUT2D eigenvalue weighted by Crippen LogP contribution is -2.27. The number of thiophene rings is 2. The highest BCUT2D eigenvalue weighted by Gasteiger charge is 2.44. The van der Waals surface area contributed by atoms with Crippen LogP contribution in [-0.2, 0) is 0 Å². The van der Waals surface area contributed by atoms with Gasteiger partial charge < -0.3 is 0 Å². The van der Waals surface area contributed by atoms with Crippen molar-refractivity contribution in [3.63, 3.8) is 0 Å². The van der Waals surface area contributed by atoms with Crippen molar-refractivity contribution in [2.45, 2.75) is 23.7 Å². The maximum atomic E-state index is 5.29. The van der Waals surface area contributed by atoms with Crippen LogP contribution in [0.25, 0.3) is 188 Å². The van der Waals surface area contributed by atoms with Gasteiger partial charge in [0, 0.05) is 131 Å². The topological polar surface area (TPSA) is 155 Å². The predicted molar refractivity (Wildman–Crippen MR) is 532 cm³/mol. The molecule has 6 aliphatic rings. The summed E-state index contributed by atoms with van der Waals surface area (Å²) in [7, 11) is 0. The molecule has 132 heavy (non-hydrogen) atoms. The molecule has 0 N–H and O–H groups in total. The van der Waals surface area contributed by atoms with E-state index in [4.69, 9.17) is 59.8 Å². The van der Waals surface area contributed by atoms with Crippen molar-refractivity contribution in [2.75, 3.05) is 0 Å². The average molecular weight is 1720 g/mol. The van der Waals surface area contributed by atoms with Crippen LogP contribution in [0.2, 0.25) is 0 Å². The van der Waals surface area contributed by atoms with Crippen LogP contribution in [0.3, 0.4) is 0 Å². The van der Waals surface area contributed by atoms with Crippen LogP contribution in [0.4, 0.5) is 0 Å². The van der Waals surface area contributed by atoms with Gasteiger partial charge in [0.25, 0.3) is 0 Å². The van der Waals surface area contributed by atoms with Gasteiger partial charge in [-0.25, -0.2) is 59.8 Å². The summed E-state index contributed by atoms with van der Waals surface area (Å²) in [4.78, 5) is 61.4. The third-order valence-corrected chi connectivity index (χ3v) is 28.8. The normalized spacial score (nSPS) is 14.5. The summed E-state index contributed by atoms with van der Waals surface area (Å²) in [5.41, 5.74) is 29.5. The SMILES string of the molecule is c1ccc(-c2nc(-c3ccccc3)nc(-c3ccc4c(c3)C3c5ccccc5C4c4cc(-c5nc(-c6ccccc6)nc(-c6ccc(-c7cccc8c7sc7ccccc78)cc6)n5)ccc43)n2)cc1.c1ccc(-c2nc(-c3ccccc3)nc(-c3ccc4c(c3)C3c5ccccc5C4c4cc(-c5nc(-c6ccccc6)nc(-c6cccc7c6sc6ccccc67)n5)ccc43)n2)cc1. The Kier molecular flexibility index (Phi) is 18.3. The van der Waals surface area contributed by atoms with E-state index in [1.165, 1.54) is 113 Å². The number of aromatic nitrogens is 12. The molecule has 6 aliphatic carbocycles. The first-order valence-corrected chi connectivity index (χ1v) is 46.1. The second kappa shape index (κ2) is 31.6. The number of benzene rings is 17. The molecular formula is C118H72N12S2. The Morgan fingerprint density at radius 3 is 0.636 bits per heavy atom. The third-order valence-electron chi connectivity index (χ3n) is 26.3. The van der Waals surface area contributed by atoms with Crippen molar-refractivity contribution in [3.05, 3.63) is 479 Å². The first-order valence-electron chi connectivity index (χ1n) is 44.4. The summed E-state index contributed by atoms with van der Waals surface area (Å²) in [5, 5.41) is 5.05. The third kappa shape index (κ3) is 13.2. The van der Waals surface area contributed by atoms with Gasteiger partial charge in [0.05, 0.1) is 0 Å². The van der Waals surface area contributed by atoms with Crippen molar-refractivity contribution in [1.29, 1.82) is 0 Å². The quantitative estimate of drug-likeness (QED) is 0.108. The average Bonchev–Trinajstić information content (AvgIpc) is 0.846. The Labute approximate surface area is 768 Å². The minimum atomic E-state index is 0.0242. The van der Waals surface area contributed by atoms with Gasteiger partial charge in [0.1, 0.15) is 0 Å². The zero-order valence-electron chi connectivity index (χ0n) is 70.8. The van der Waals surface area contributed by atoms with Crippen LogP contribution < -0.4 is 0 Å². The molecule has 23 aromatic rings. The lowest BCUT2D eigenvalue weighted by molar-refractivity contribution is 0.754. The molecule has 12 nitrogen and oxygen atoms in total. The molecule has 0 spiro atoms. The van der Waals surface area contributed by atoms with Crippen molar-refractivity contribution in [1.82, 2.24) is 59.8 Å². The van der Waals surface area contributed by atoms with Crippen LogP contribution in [0.5, 0.6) is 0 Å².